The van der Waals surface area contributed by atoms with Gasteiger partial charge in [-0.05, 0) is 38.0 Å². The fourth-order valence-electron chi connectivity index (χ4n) is 1.40. The lowest BCUT2D eigenvalue weighted by atomic mass is 10.2. The Morgan fingerprint density at radius 1 is 1.28 bits per heavy atom. The van der Waals surface area contributed by atoms with Gasteiger partial charge in [0.15, 0.2) is 9.84 Å². The van der Waals surface area contributed by atoms with Crippen molar-refractivity contribution < 1.29 is 13.3 Å². The third-order valence-corrected chi connectivity index (χ3v) is 4.71. The highest BCUT2D eigenvalue weighted by Crippen LogP contribution is 2.17. The molecule has 0 fully saturated rings. The number of hydrogen-bond acceptors (Lipinski definition) is 4. The number of nitrogens with two attached hydrogens (primary N) is 1. The predicted octanol–water partition coefficient (Wildman–Crippen LogP) is 2.16. The van der Waals surface area contributed by atoms with Crippen LogP contribution in [0.4, 0.5) is 0 Å². The zero-order valence-corrected chi connectivity index (χ0v) is 11.5. The Kier molecular flexibility index (Phi) is 5.53. The minimum atomic E-state index is -3.18. The standard InChI is InChI=1S/C13H19NO3S/c1-11(2)18(15,16)13-8-6-12(7-9-13)5-3-4-10-17-14/h3,5-9,11H,4,10,14H2,1-2H3/b5-3+. The van der Waals surface area contributed by atoms with Gasteiger partial charge < -0.3 is 4.84 Å². The maximum absolute atomic E-state index is 11.9. The molecule has 4 nitrogen and oxygen atoms in total. The zero-order chi connectivity index (χ0) is 13.6. The van der Waals surface area contributed by atoms with Gasteiger partial charge in [0, 0.05) is 0 Å². The van der Waals surface area contributed by atoms with Gasteiger partial charge in [0.05, 0.1) is 16.8 Å². The van der Waals surface area contributed by atoms with E-state index in [-0.39, 0.29) is 0 Å². The average Bonchev–Trinajstić information content (AvgIpc) is 2.35. The van der Waals surface area contributed by atoms with Gasteiger partial charge in [-0.15, -0.1) is 0 Å². The molecule has 0 heterocycles. The fraction of sp³-hybridized carbons (Fsp3) is 0.385. The van der Waals surface area contributed by atoms with Gasteiger partial charge in [0.2, 0.25) is 0 Å². The highest BCUT2D eigenvalue weighted by Gasteiger charge is 2.18. The second kappa shape index (κ2) is 6.68. The van der Waals surface area contributed by atoms with Gasteiger partial charge in [0.25, 0.3) is 0 Å². The van der Waals surface area contributed by atoms with Crippen molar-refractivity contribution in [3.05, 3.63) is 35.9 Å². The van der Waals surface area contributed by atoms with E-state index >= 15 is 0 Å². The molecule has 0 saturated carbocycles. The van der Waals surface area contributed by atoms with Gasteiger partial charge in [-0.25, -0.2) is 14.3 Å². The van der Waals surface area contributed by atoms with Crippen molar-refractivity contribution in [3.8, 4) is 0 Å². The predicted molar refractivity (Wildman–Crippen MR) is 72.6 cm³/mol. The molecule has 0 aromatic heterocycles. The Morgan fingerprint density at radius 2 is 1.89 bits per heavy atom. The van der Waals surface area contributed by atoms with E-state index in [2.05, 4.69) is 4.84 Å². The quantitative estimate of drug-likeness (QED) is 0.634. The monoisotopic (exact) mass is 269 g/mol. The zero-order valence-electron chi connectivity index (χ0n) is 10.7. The Balaban J connectivity index is 2.78. The molecule has 0 spiro atoms. The third kappa shape index (κ3) is 3.94. The first-order valence-electron chi connectivity index (χ1n) is 5.80. The number of hydrogen-bond donors (Lipinski definition) is 1. The molecule has 100 valence electrons. The second-order valence-electron chi connectivity index (χ2n) is 4.22. The van der Waals surface area contributed by atoms with Crippen molar-refractivity contribution in [1.82, 2.24) is 0 Å². The number of benzene rings is 1. The molecule has 0 bridgehead atoms. The summed E-state index contributed by atoms with van der Waals surface area (Å²) < 4.78 is 23.8. The molecule has 0 aliphatic heterocycles. The lowest BCUT2D eigenvalue weighted by molar-refractivity contribution is 0.143. The lowest BCUT2D eigenvalue weighted by Gasteiger charge is -2.07. The van der Waals surface area contributed by atoms with E-state index in [1.54, 1.807) is 38.1 Å². The summed E-state index contributed by atoms with van der Waals surface area (Å²) in [5, 5.41) is -0.402. The van der Waals surface area contributed by atoms with Gasteiger partial charge in [-0.1, -0.05) is 24.3 Å². The fourth-order valence-corrected chi connectivity index (χ4v) is 2.46. The first-order chi connectivity index (χ1) is 8.48. The van der Waals surface area contributed by atoms with Gasteiger partial charge in [-0.2, -0.15) is 0 Å². The van der Waals surface area contributed by atoms with Crippen LogP contribution in [0, 0.1) is 0 Å². The van der Waals surface area contributed by atoms with Crippen LogP contribution < -0.4 is 5.90 Å². The minimum absolute atomic E-state index is 0.361. The summed E-state index contributed by atoms with van der Waals surface area (Å²) in [7, 11) is -3.18. The Bertz CT molecular complexity index is 489. The van der Waals surface area contributed by atoms with Crippen LogP contribution in [0.3, 0.4) is 0 Å². The smallest absolute Gasteiger partial charge is 0.180 e. The number of rotatable bonds is 6. The van der Waals surface area contributed by atoms with Crippen LogP contribution in [-0.2, 0) is 14.7 Å². The van der Waals surface area contributed by atoms with Crippen LogP contribution in [0.1, 0.15) is 25.8 Å². The molecule has 1 aromatic rings. The Hall–Kier alpha value is -1.17. The maximum atomic E-state index is 11.9. The summed E-state index contributed by atoms with van der Waals surface area (Å²) in [4.78, 5) is 4.80. The van der Waals surface area contributed by atoms with Crippen LogP contribution >= 0.6 is 0 Å². The first-order valence-corrected chi connectivity index (χ1v) is 7.35. The lowest BCUT2D eigenvalue weighted by Crippen LogP contribution is -2.13. The van der Waals surface area contributed by atoms with Crippen LogP contribution in [-0.4, -0.2) is 20.3 Å². The molecular weight excluding hydrogens is 250 g/mol. The van der Waals surface area contributed by atoms with E-state index in [1.165, 1.54) is 0 Å². The van der Waals surface area contributed by atoms with E-state index in [4.69, 9.17) is 5.90 Å². The van der Waals surface area contributed by atoms with Crippen LogP contribution in [0.25, 0.3) is 6.08 Å². The van der Waals surface area contributed by atoms with Crippen LogP contribution in [0.2, 0.25) is 0 Å². The third-order valence-electron chi connectivity index (χ3n) is 2.54. The van der Waals surface area contributed by atoms with Crippen molar-refractivity contribution in [3.63, 3.8) is 0 Å². The molecule has 0 amide bonds. The highest BCUT2D eigenvalue weighted by atomic mass is 32.2. The van der Waals surface area contributed by atoms with Crippen molar-refractivity contribution in [2.24, 2.45) is 5.90 Å². The minimum Gasteiger partial charge on any atom is -0.304 e. The molecule has 2 N–H and O–H groups in total. The molecule has 1 rings (SSSR count). The summed E-state index contributed by atoms with van der Waals surface area (Å²) in [6, 6.07) is 6.84. The molecule has 5 heteroatoms. The van der Waals surface area contributed by atoms with Crippen LogP contribution in [0.5, 0.6) is 0 Å². The second-order valence-corrected chi connectivity index (χ2v) is 6.73. The van der Waals surface area contributed by atoms with Crippen molar-refractivity contribution >= 4 is 15.9 Å². The molecule has 0 aliphatic rings. The SMILES string of the molecule is CC(C)S(=O)(=O)c1ccc(/C=C/CCON)cc1. The molecule has 0 saturated heterocycles. The van der Waals surface area contributed by atoms with Crippen molar-refractivity contribution in [2.45, 2.75) is 30.4 Å². The normalized spacial score (nSPS) is 12.4. The summed E-state index contributed by atoms with van der Waals surface area (Å²) in [5.74, 6) is 4.90. The van der Waals surface area contributed by atoms with Gasteiger partial charge in [0.1, 0.15) is 0 Å². The Morgan fingerprint density at radius 3 is 2.39 bits per heavy atom. The van der Waals surface area contributed by atoms with E-state index in [1.807, 2.05) is 12.2 Å². The first kappa shape index (κ1) is 14.9. The summed E-state index contributed by atoms with van der Waals surface area (Å²) in [5.41, 5.74) is 0.953. The van der Waals surface area contributed by atoms with E-state index in [0.29, 0.717) is 11.5 Å². The van der Waals surface area contributed by atoms with E-state index in [0.717, 1.165) is 12.0 Å². The van der Waals surface area contributed by atoms with Gasteiger partial charge in [-0.3, -0.25) is 0 Å². The molecule has 18 heavy (non-hydrogen) atoms. The topological polar surface area (TPSA) is 69.4 Å². The van der Waals surface area contributed by atoms with Gasteiger partial charge >= 0.3 is 0 Å². The average molecular weight is 269 g/mol. The molecule has 0 atom stereocenters. The summed E-state index contributed by atoms with van der Waals surface area (Å²) >= 11 is 0. The largest absolute Gasteiger partial charge is 0.304 e. The summed E-state index contributed by atoms with van der Waals surface area (Å²) in [6.07, 6.45) is 4.56. The molecule has 0 unspecified atom stereocenters. The van der Waals surface area contributed by atoms with Crippen molar-refractivity contribution in [2.75, 3.05) is 6.61 Å². The van der Waals surface area contributed by atoms with Crippen molar-refractivity contribution in [1.29, 1.82) is 0 Å². The number of sulfone groups is 1. The molecule has 1 aromatic carbocycles. The van der Waals surface area contributed by atoms with E-state index in [9.17, 15) is 8.42 Å². The highest BCUT2D eigenvalue weighted by molar-refractivity contribution is 7.92. The molecule has 0 radical (unpaired) electrons. The van der Waals surface area contributed by atoms with Crippen LogP contribution in [0.15, 0.2) is 35.2 Å². The molecule has 0 aliphatic carbocycles. The maximum Gasteiger partial charge on any atom is 0.180 e. The molecular formula is C13H19NO3S. The van der Waals surface area contributed by atoms with E-state index < -0.39 is 15.1 Å². The summed E-state index contributed by atoms with van der Waals surface area (Å²) in [6.45, 7) is 3.82. The Labute approximate surface area is 108 Å².